The first-order chi connectivity index (χ1) is 7.72. The fourth-order valence-corrected chi connectivity index (χ4v) is 1.80. The van der Waals surface area contributed by atoms with E-state index in [0.717, 1.165) is 18.6 Å². The molecular formula is C12H11F2NO. The molecule has 1 aliphatic heterocycles. The maximum Gasteiger partial charge on any atom is 0.150 e. The number of nitrogens with zero attached hydrogens (tertiary/aromatic N) is 1. The van der Waals surface area contributed by atoms with Crippen LogP contribution in [0.4, 0.5) is 14.5 Å². The zero-order valence-electron chi connectivity index (χ0n) is 8.62. The molecule has 0 saturated carbocycles. The Hall–Kier alpha value is -1.71. The Morgan fingerprint density at radius 2 is 1.88 bits per heavy atom. The Labute approximate surface area is 92.2 Å². The minimum Gasteiger partial charge on any atom is -0.363 e. The second-order valence-corrected chi connectivity index (χ2v) is 3.66. The Morgan fingerprint density at radius 3 is 2.38 bits per heavy atom. The van der Waals surface area contributed by atoms with Gasteiger partial charge in [-0.25, -0.2) is 8.78 Å². The molecule has 1 heterocycles. The zero-order chi connectivity index (χ0) is 11.5. The average Bonchev–Trinajstić information content (AvgIpc) is 2.29. The van der Waals surface area contributed by atoms with Crippen LogP contribution in [-0.4, -0.2) is 19.4 Å². The van der Waals surface area contributed by atoms with Gasteiger partial charge in [0.2, 0.25) is 0 Å². The van der Waals surface area contributed by atoms with Crippen molar-refractivity contribution in [3.8, 4) is 0 Å². The van der Waals surface area contributed by atoms with E-state index in [4.69, 9.17) is 0 Å². The lowest BCUT2D eigenvalue weighted by Crippen LogP contribution is -2.28. The van der Waals surface area contributed by atoms with Crippen molar-refractivity contribution in [3.05, 3.63) is 41.5 Å². The van der Waals surface area contributed by atoms with Crippen molar-refractivity contribution in [2.75, 3.05) is 18.0 Å². The van der Waals surface area contributed by atoms with Crippen LogP contribution in [0.25, 0.3) is 0 Å². The maximum atomic E-state index is 13.6. The topological polar surface area (TPSA) is 20.3 Å². The molecule has 0 saturated heterocycles. The number of hydrogen-bond donors (Lipinski definition) is 0. The molecule has 0 radical (unpaired) electrons. The number of benzene rings is 1. The summed E-state index contributed by atoms with van der Waals surface area (Å²) in [4.78, 5) is 12.1. The molecule has 0 bridgehead atoms. The standard InChI is InChI=1S/C12H11F2NO/c13-10-6-9(8-16)7-11(14)12(10)15-4-2-1-3-5-15/h1-2,6-8H,3-5H2. The number of rotatable bonds is 2. The van der Waals surface area contributed by atoms with Crippen molar-refractivity contribution in [1.82, 2.24) is 0 Å². The van der Waals surface area contributed by atoms with Gasteiger partial charge in [-0.05, 0) is 18.6 Å². The lowest BCUT2D eigenvalue weighted by molar-refractivity contribution is 0.112. The Balaban J connectivity index is 2.40. The predicted octanol–water partition coefficient (Wildman–Crippen LogP) is 2.54. The minimum atomic E-state index is -0.683. The summed E-state index contributed by atoms with van der Waals surface area (Å²) in [6, 6.07) is 2.12. The number of halogens is 2. The molecule has 4 heteroatoms. The molecule has 1 aliphatic rings. The van der Waals surface area contributed by atoms with Gasteiger partial charge in [0.15, 0.2) is 0 Å². The molecule has 0 N–H and O–H groups in total. The molecule has 1 aromatic rings. The van der Waals surface area contributed by atoms with Gasteiger partial charge in [-0.1, -0.05) is 12.2 Å². The highest BCUT2D eigenvalue weighted by Crippen LogP contribution is 2.25. The van der Waals surface area contributed by atoms with E-state index in [2.05, 4.69) is 0 Å². The number of hydrogen-bond acceptors (Lipinski definition) is 2. The Bertz CT molecular complexity index is 420. The third-order valence-corrected chi connectivity index (χ3v) is 2.55. The van der Waals surface area contributed by atoms with Crippen molar-refractivity contribution in [3.63, 3.8) is 0 Å². The lowest BCUT2D eigenvalue weighted by atomic mass is 10.1. The van der Waals surface area contributed by atoms with E-state index in [0.29, 0.717) is 19.4 Å². The summed E-state index contributed by atoms with van der Waals surface area (Å²) in [5, 5.41) is 0. The molecule has 0 aromatic heterocycles. The fourth-order valence-electron chi connectivity index (χ4n) is 1.80. The van der Waals surface area contributed by atoms with Crippen molar-refractivity contribution in [1.29, 1.82) is 0 Å². The van der Waals surface area contributed by atoms with Gasteiger partial charge in [0, 0.05) is 18.7 Å². The molecule has 1 aromatic carbocycles. The van der Waals surface area contributed by atoms with Crippen LogP contribution in [0.3, 0.4) is 0 Å². The van der Waals surface area contributed by atoms with Crippen molar-refractivity contribution in [2.45, 2.75) is 6.42 Å². The quantitative estimate of drug-likeness (QED) is 0.567. The van der Waals surface area contributed by atoms with Crippen LogP contribution in [0.5, 0.6) is 0 Å². The number of anilines is 1. The van der Waals surface area contributed by atoms with Crippen LogP contribution >= 0.6 is 0 Å². The van der Waals surface area contributed by atoms with Crippen LogP contribution < -0.4 is 4.90 Å². The molecular weight excluding hydrogens is 212 g/mol. The maximum absolute atomic E-state index is 13.6. The second kappa shape index (κ2) is 4.43. The zero-order valence-corrected chi connectivity index (χ0v) is 8.62. The third-order valence-electron chi connectivity index (χ3n) is 2.55. The predicted molar refractivity (Wildman–Crippen MR) is 57.7 cm³/mol. The van der Waals surface area contributed by atoms with Crippen molar-refractivity contribution in [2.24, 2.45) is 0 Å². The molecule has 2 nitrogen and oxygen atoms in total. The third kappa shape index (κ3) is 1.96. The second-order valence-electron chi connectivity index (χ2n) is 3.66. The SMILES string of the molecule is O=Cc1cc(F)c(N2CC=CCC2)c(F)c1. The molecule has 2 rings (SSSR count). The number of carbonyl (C=O) groups excluding carboxylic acids is 1. The molecule has 0 fully saturated rings. The summed E-state index contributed by atoms with van der Waals surface area (Å²) in [5.74, 6) is -1.37. The molecule has 16 heavy (non-hydrogen) atoms. The van der Waals surface area contributed by atoms with E-state index >= 15 is 0 Å². The first kappa shape index (κ1) is 10.8. The number of carbonyl (C=O) groups is 1. The average molecular weight is 223 g/mol. The highest BCUT2D eigenvalue weighted by atomic mass is 19.1. The summed E-state index contributed by atoms with van der Waals surface area (Å²) >= 11 is 0. The van der Waals surface area contributed by atoms with Crippen molar-refractivity contribution >= 4 is 12.0 Å². The molecule has 0 aliphatic carbocycles. The van der Waals surface area contributed by atoms with Gasteiger partial charge in [-0.2, -0.15) is 0 Å². The van der Waals surface area contributed by atoms with Crippen LogP contribution in [-0.2, 0) is 0 Å². The molecule has 0 spiro atoms. The largest absolute Gasteiger partial charge is 0.363 e. The molecule has 0 unspecified atom stereocenters. The molecule has 0 amide bonds. The van der Waals surface area contributed by atoms with Gasteiger partial charge in [0.25, 0.3) is 0 Å². The van der Waals surface area contributed by atoms with Crippen LogP contribution in [0.2, 0.25) is 0 Å². The van der Waals surface area contributed by atoms with Gasteiger partial charge in [-0.15, -0.1) is 0 Å². The monoisotopic (exact) mass is 223 g/mol. The normalized spacial score (nSPS) is 15.2. The van der Waals surface area contributed by atoms with Crippen molar-refractivity contribution < 1.29 is 13.6 Å². The van der Waals surface area contributed by atoms with Crippen LogP contribution in [0.1, 0.15) is 16.8 Å². The van der Waals surface area contributed by atoms with E-state index < -0.39 is 11.6 Å². The molecule has 84 valence electrons. The van der Waals surface area contributed by atoms with Crippen LogP contribution in [0, 0.1) is 11.6 Å². The van der Waals surface area contributed by atoms with E-state index in [1.807, 2.05) is 12.2 Å². The van der Waals surface area contributed by atoms with Gasteiger partial charge >= 0.3 is 0 Å². The number of aldehydes is 1. The Kier molecular flexibility index (Phi) is 2.99. The summed E-state index contributed by atoms with van der Waals surface area (Å²) in [7, 11) is 0. The highest BCUT2D eigenvalue weighted by molar-refractivity contribution is 5.76. The summed E-state index contributed by atoms with van der Waals surface area (Å²) in [5.41, 5.74) is -0.0266. The van der Waals surface area contributed by atoms with E-state index in [9.17, 15) is 13.6 Å². The highest BCUT2D eigenvalue weighted by Gasteiger charge is 2.18. The minimum absolute atomic E-state index is 0.0197. The first-order valence-electron chi connectivity index (χ1n) is 5.06. The van der Waals surface area contributed by atoms with E-state index in [-0.39, 0.29) is 11.3 Å². The Morgan fingerprint density at radius 1 is 1.19 bits per heavy atom. The van der Waals surface area contributed by atoms with Gasteiger partial charge in [0.05, 0.1) is 0 Å². The summed E-state index contributed by atoms with van der Waals surface area (Å²) in [6.45, 7) is 1.08. The lowest BCUT2D eigenvalue weighted by Gasteiger charge is -2.26. The molecule has 0 atom stereocenters. The van der Waals surface area contributed by atoms with Gasteiger partial charge in [0.1, 0.15) is 23.6 Å². The fraction of sp³-hybridized carbons (Fsp3) is 0.250. The van der Waals surface area contributed by atoms with E-state index in [1.165, 1.54) is 0 Å². The smallest absolute Gasteiger partial charge is 0.150 e. The van der Waals surface area contributed by atoms with Gasteiger partial charge in [-0.3, -0.25) is 4.79 Å². The van der Waals surface area contributed by atoms with E-state index in [1.54, 1.807) is 4.90 Å². The van der Waals surface area contributed by atoms with Gasteiger partial charge < -0.3 is 4.90 Å². The first-order valence-corrected chi connectivity index (χ1v) is 5.06. The summed E-state index contributed by atoms with van der Waals surface area (Å²) in [6.07, 6.45) is 5.06. The summed E-state index contributed by atoms with van der Waals surface area (Å²) < 4.78 is 27.2. The van der Waals surface area contributed by atoms with Crippen LogP contribution in [0.15, 0.2) is 24.3 Å².